The molecule has 10 heteroatoms. The lowest BCUT2D eigenvalue weighted by atomic mass is 9.89. The normalized spacial score (nSPS) is 33.2. The molecule has 0 bridgehead atoms. The molecule has 3 heterocycles. The minimum Gasteiger partial charge on any atom is -0.462 e. The van der Waals surface area contributed by atoms with Crippen molar-refractivity contribution in [3.63, 3.8) is 0 Å². The second kappa shape index (κ2) is 36.7. The van der Waals surface area contributed by atoms with Crippen molar-refractivity contribution in [3.05, 3.63) is 23.8 Å². The van der Waals surface area contributed by atoms with E-state index in [9.17, 15) is 14.7 Å². The van der Waals surface area contributed by atoms with E-state index in [4.69, 9.17) is 29.2 Å². The molecule has 0 saturated carbocycles. The van der Waals surface area contributed by atoms with Crippen LogP contribution in [0.5, 0.6) is 0 Å². The topological polar surface area (TPSA) is 144 Å². The molecule has 55 heavy (non-hydrogen) atoms. The van der Waals surface area contributed by atoms with Crippen LogP contribution in [0.15, 0.2) is 23.8 Å². The molecular weight excluding hydrogens is 698 g/mol. The molecule has 10 nitrogen and oxygen atoms in total. The molecule has 4 N–H and O–H groups in total. The van der Waals surface area contributed by atoms with Crippen molar-refractivity contribution in [2.24, 2.45) is 29.6 Å². The van der Waals surface area contributed by atoms with E-state index < -0.39 is 12.4 Å². The van der Waals surface area contributed by atoms with E-state index in [1.807, 2.05) is 75.3 Å². The van der Waals surface area contributed by atoms with Gasteiger partial charge in [0, 0.05) is 51.0 Å². The van der Waals surface area contributed by atoms with Gasteiger partial charge in [0.25, 0.3) is 0 Å². The van der Waals surface area contributed by atoms with Crippen LogP contribution >= 0.6 is 0 Å². The number of aliphatic hydroxyl groups excluding tert-OH is 3. The van der Waals surface area contributed by atoms with Crippen molar-refractivity contribution in [1.29, 1.82) is 0 Å². The van der Waals surface area contributed by atoms with Crippen LogP contribution in [0.2, 0.25) is 0 Å². The van der Waals surface area contributed by atoms with Crippen LogP contribution in [0.3, 0.4) is 0 Å². The van der Waals surface area contributed by atoms with Crippen LogP contribution in [0.25, 0.3) is 0 Å². The molecule has 3 rings (SSSR count). The molecular formula is C45H89NO9. The Morgan fingerprint density at radius 2 is 1.45 bits per heavy atom. The summed E-state index contributed by atoms with van der Waals surface area (Å²) in [7, 11) is 1.00. The fourth-order valence-electron chi connectivity index (χ4n) is 6.94. The molecule has 6 unspecified atom stereocenters. The van der Waals surface area contributed by atoms with E-state index in [2.05, 4.69) is 32.2 Å². The first-order valence-electron chi connectivity index (χ1n) is 21.9. The summed E-state index contributed by atoms with van der Waals surface area (Å²) in [6.45, 7) is 30.0. The van der Waals surface area contributed by atoms with Gasteiger partial charge in [0.2, 0.25) is 0 Å². The molecule has 3 aliphatic heterocycles. The van der Waals surface area contributed by atoms with E-state index >= 15 is 0 Å². The van der Waals surface area contributed by atoms with Crippen LogP contribution < -0.4 is 5.32 Å². The lowest BCUT2D eigenvalue weighted by Gasteiger charge is -2.35. The average Bonchev–Trinajstić information content (AvgIpc) is 3.19. The predicted octanol–water partition coefficient (Wildman–Crippen LogP) is 9.19. The van der Waals surface area contributed by atoms with Gasteiger partial charge in [-0.3, -0.25) is 14.9 Å². The summed E-state index contributed by atoms with van der Waals surface area (Å²) in [5.41, 5.74) is 0.984. The zero-order chi connectivity index (χ0) is 42.9. The highest BCUT2D eigenvalue weighted by Gasteiger charge is 2.31. The quantitative estimate of drug-likeness (QED) is 0.176. The predicted molar refractivity (Wildman–Crippen MR) is 228 cm³/mol. The first-order valence-corrected chi connectivity index (χ1v) is 21.9. The van der Waals surface area contributed by atoms with Crippen LogP contribution in [-0.2, 0) is 28.5 Å². The summed E-state index contributed by atoms with van der Waals surface area (Å²) >= 11 is 0. The second-order valence-corrected chi connectivity index (χ2v) is 14.3. The van der Waals surface area contributed by atoms with Crippen molar-refractivity contribution in [2.45, 2.75) is 198 Å². The van der Waals surface area contributed by atoms with E-state index in [0.29, 0.717) is 57.0 Å². The summed E-state index contributed by atoms with van der Waals surface area (Å²) in [5.74, 6) is 1.01. The lowest BCUT2D eigenvalue weighted by Crippen LogP contribution is -2.46. The van der Waals surface area contributed by atoms with Gasteiger partial charge < -0.3 is 34.3 Å². The van der Waals surface area contributed by atoms with Gasteiger partial charge in [0.05, 0.1) is 18.8 Å². The Balaban J connectivity index is -0.00000125. The number of rotatable bonds is 8. The summed E-state index contributed by atoms with van der Waals surface area (Å²) in [4.78, 5) is 25.7. The monoisotopic (exact) mass is 788 g/mol. The second-order valence-electron chi connectivity index (χ2n) is 14.3. The molecule has 0 aliphatic carbocycles. The Bertz CT molecular complexity index is 962. The molecule has 0 radical (unpaired) electrons. The number of piperidine rings is 1. The minimum absolute atomic E-state index is 0.0126. The molecule has 0 spiro atoms. The molecule has 0 aromatic heterocycles. The van der Waals surface area contributed by atoms with E-state index in [-0.39, 0.29) is 47.9 Å². The number of esters is 1. The van der Waals surface area contributed by atoms with Crippen molar-refractivity contribution < 1.29 is 43.9 Å². The number of ether oxygens (including phenoxy) is 4. The maximum atomic E-state index is 12.9. The Labute approximate surface area is 338 Å². The van der Waals surface area contributed by atoms with Crippen molar-refractivity contribution >= 4 is 11.8 Å². The standard InChI is InChI=1S/C31H53NO5.C7H14O3.3C2H6.CH4O/c1-7-25-18-24(6)32-30(19-25)36-21-27-16-22(4)14-15-28(33)23(5)17-26(20-35-9-3)12-10-11-13-31(34)37-29(27)8-2;1-4-3-6(8)10-5(2)7(4)9;4*1-2/h14-16,23-27,29-30,32H,7-13,17-21H2,1-6H3;4-9H,3H2,1-2H3;3*1-2H3;2H,1H3/b15-14+,22-16+;;;;;/t23-,24?,25-,26-,27?,29-,30?;4?,5?,6?,7-;;;;/m10..../s1. The molecule has 0 aromatic carbocycles. The number of ketones is 1. The minimum atomic E-state index is -0.687. The third-order valence-electron chi connectivity index (χ3n) is 9.90. The van der Waals surface area contributed by atoms with Crippen LogP contribution in [0.1, 0.15) is 161 Å². The maximum Gasteiger partial charge on any atom is 0.306 e. The number of carbonyl (C=O) groups is 2. The average molecular weight is 788 g/mol. The molecule has 328 valence electrons. The number of hydrogen-bond acceptors (Lipinski definition) is 10. The molecule has 3 aliphatic rings. The zero-order valence-electron chi connectivity index (χ0n) is 38.1. The number of allylic oxidation sites excluding steroid dienone is 3. The summed E-state index contributed by atoms with van der Waals surface area (Å²) in [6, 6.07) is 0.432. The molecule has 0 aromatic rings. The largest absolute Gasteiger partial charge is 0.462 e. The molecule has 2 fully saturated rings. The lowest BCUT2D eigenvalue weighted by molar-refractivity contribution is -0.209. The molecule has 2 saturated heterocycles. The SMILES string of the molecule is CC.CC.CC.CC1CC(O)OC(C)[C@H]1O.CCOC[C@@H]1CCCCC(=O)O[C@H](CC)C(COC2C[C@H](CC)CC(C)N2)/C=C(C)/C=C/C(=O)[C@H](C)C1.CO. The Morgan fingerprint density at radius 3 is 2.02 bits per heavy atom. The van der Waals surface area contributed by atoms with Gasteiger partial charge in [0.15, 0.2) is 12.1 Å². The van der Waals surface area contributed by atoms with Crippen LogP contribution in [-0.4, -0.2) is 90.9 Å². The van der Waals surface area contributed by atoms with Gasteiger partial charge in [-0.15, -0.1) is 0 Å². The fraction of sp³-hybridized carbons (Fsp3) is 0.867. The van der Waals surface area contributed by atoms with Gasteiger partial charge in [0.1, 0.15) is 12.3 Å². The third-order valence-corrected chi connectivity index (χ3v) is 9.90. The van der Waals surface area contributed by atoms with E-state index in [1.165, 1.54) is 6.42 Å². The number of hydrogen-bond donors (Lipinski definition) is 4. The zero-order valence-corrected chi connectivity index (χ0v) is 38.1. The number of cyclic esters (lactones) is 1. The van der Waals surface area contributed by atoms with Crippen molar-refractivity contribution in [1.82, 2.24) is 5.32 Å². The van der Waals surface area contributed by atoms with E-state index in [0.717, 1.165) is 51.2 Å². The smallest absolute Gasteiger partial charge is 0.306 e. The number of nitrogens with one attached hydrogen (secondary N) is 1. The van der Waals surface area contributed by atoms with Crippen LogP contribution in [0.4, 0.5) is 0 Å². The van der Waals surface area contributed by atoms with Gasteiger partial charge >= 0.3 is 5.97 Å². The Kier molecular flexibility index (Phi) is 38.4. The highest BCUT2D eigenvalue weighted by atomic mass is 16.6. The first kappa shape index (κ1) is 57.7. The maximum absolute atomic E-state index is 12.9. The first-order chi connectivity index (χ1) is 26.4. The highest BCUT2D eigenvalue weighted by molar-refractivity contribution is 5.91. The number of carbonyl (C=O) groups excluding carboxylic acids is 2. The summed E-state index contributed by atoms with van der Waals surface area (Å²) in [6.07, 6.45) is 12.6. The highest BCUT2D eigenvalue weighted by Crippen LogP contribution is 2.27. The van der Waals surface area contributed by atoms with Gasteiger partial charge in [-0.2, -0.15) is 0 Å². The Morgan fingerprint density at radius 1 is 0.818 bits per heavy atom. The van der Waals surface area contributed by atoms with Gasteiger partial charge in [-0.05, 0) is 90.0 Å². The number of aliphatic hydroxyl groups is 3. The Hall–Kier alpha value is -1.66. The van der Waals surface area contributed by atoms with E-state index in [1.54, 1.807) is 13.0 Å². The molecule has 11 atom stereocenters. The van der Waals surface area contributed by atoms with Crippen LogP contribution in [0, 0.1) is 29.6 Å². The third kappa shape index (κ3) is 26.1. The summed E-state index contributed by atoms with van der Waals surface area (Å²) < 4.78 is 23.0. The van der Waals surface area contributed by atoms with Crippen molar-refractivity contribution in [3.8, 4) is 0 Å². The summed E-state index contributed by atoms with van der Waals surface area (Å²) in [5, 5.41) is 28.9. The fourth-order valence-corrected chi connectivity index (χ4v) is 6.94. The van der Waals surface area contributed by atoms with Crippen molar-refractivity contribution in [2.75, 3.05) is 26.9 Å². The molecule has 0 amide bonds. The van der Waals surface area contributed by atoms with Gasteiger partial charge in [-0.25, -0.2) is 0 Å². The van der Waals surface area contributed by atoms with Gasteiger partial charge in [-0.1, -0.05) is 99.8 Å².